The minimum absolute atomic E-state index is 0.530. The van der Waals surface area contributed by atoms with E-state index in [0.717, 1.165) is 13.1 Å². The molecule has 3 N–H and O–H groups in total. The zero-order valence-corrected chi connectivity index (χ0v) is 8.41. The van der Waals surface area contributed by atoms with E-state index in [4.69, 9.17) is 19.8 Å². The first-order valence-electron chi connectivity index (χ1n) is 4.62. The van der Waals surface area contributed by atoms with Crippen molar-refractivity contribution in [3.8, 4) is 0 Å². The van der Waals surface area contributed by atoms with Crippen LogP contribution in [-0.4, -0.2) is 50.0 Å². The fraction of sp³-hybridized carbons (Fsp3) is 0.500. The van der Waals surface area contributed by atoms with Crippen molar-refractivity contribution in [1.82, 2.24) is 20.1 Å². The lowest BCUT2D eigenvalue weighted by Crippen LogP contribution is -2.13. The number of carboxylic acid groups (broad SMARTS) is 2. The third-order valence-corrected chi connectivity index (χ3v) is 2.03. The second kappa shape index (κ2) is 5.81. The van der Waals surface area contributed by atoms with E-state index < -0.39 is 11.9 Å². The second-order valence-electron chi connectivity index (χ2n) is 3.13. The number of carbonyl (C=O) groups is 2. The summed E-state index contributed by atoms with van der Waals surface area (Å²) in [5, 5.41) is 22.1. The molecule has 88 valence electrons. The zero-order chi connectivity index (χ0) is 12.0. The molecule has 0 bridgehead atoms. The van der Waals surface area contributed by atoms with E-state index in [9.17, 15) is 0 Å². The van der Waals surface area contributed by atoms with Crippen LogP contribution >= 0.6 is 0 Å². The van der Waals surface area contributed by atoms with Gasteiger partial charge in [-0.2, -0.15) is 5.10 Å². The molecule has 1 atom stereocenters. The van der Waals surface area contributed by atoms with Gasteiger partial charge in [0.1, 0.15) is 12.7 Å². The maximum absolute atomic E-state index is 9.10. The molecule has 1 unspecified atom stereocenters. The Morgan fingerprint density at radius 2 is 2.06 bits per heavy atom. The van der Waals surface area contributed by atoms with Gasteiger partial charge in [0, 0.05) is 6.54 Å². The first-order chi connectivity index (χ1) is 7.61. The summed E-state index contributed by atoms with van der Waals surface area (Å²) in [7, 11) is 0. The fourth-order valence-electron chi connectivity index (χ4n) is 1.27. The van der Waals surface area contributed by atoms with Crippen LogP contribution in [0.2, 0.25) is 0 Å². The number of hydrogen-bond donors (Lipinski definition) is 3. The molecule has 1 aromatic rings. The summed E-state index contributed by atoms with van der Waals surface area (Å²) >= 11 is 0. The summed E-state index contributed by atoms with van der Waals surface area (Å²) in [5.74, 6) is -3.65. The van der Waals surface area contributed by atoms with Crippen LogP contribution in [-0.2, 0) is 9.59 Å². The Bertz CT molecular complexity index is 333. The SMILES string of the molecule is O=C(O)C(=O)O.c1ncn(C2CCNC2)n1. The molecule has 1 aliphatic heterocycles. The van der Waals surface area contributed by atoms with Crippen LogP contribution in [0.4, 0.5) is 0 Å². The first-order valence-corrected chi connectivity index (χ1v) is 4.62. The van der Waals surface area contributed by atoms with Crippen molar-refractivity contribution in [2.24, 2.45) is 0 Å². The normalized spacial score (nSPS) is 18.6. The molecule has 16 heavy (non-hydrogen) atoms. The maximum atomic E-state index is 9.10. The van der Waals surface area contributed by atoms with Gasteiger partial charge in [0.15, 0.2) is 0 Å². The van der Waals surface area contributed by atoms with E-state index in [-0.39, 0.29) is 0 Å². The van der Waals surface area contributed by atoms with Crippen LogP contribution in [0.15, 0.2) is 12.7 Å². The van der Waals surface area contributed by atoms with Gasteiger partial charge >= 0.3 is 11.9 Å². The Morgan fingerprint density at radius 3 is 2.44 bits per heavy atom. The molecule has 0 aromatic carbocycles. The van der Waals surface area contributed by atoms with Crippen molar-refractivity contribution in [2.45, 2.75) is 12.5 Å². The number of nitrogens with one attached hydrogen (secondary N) is 1. The number of hydrogen-bond acceptors (Lipinski definition) is 5. The number of carboxylic acids is 2. The van der Waals surface area contributed by atoms with Gasteiger partial charge in [-0.3, -0.25) is 0 Å². The minimum atomic E-state index is -1.82. The number of aromatic nitrogens is 3. The van der Waals surface area contributed by atoms with Gasteiger partial charge in [0.2, 0.25) is 0 Å². The molecular formula is C8H12N4O4. The summed E-state index contributed by atoms with van der Waals surface area (Å²) in [4.78, 5) is 22.1. The summed E-state index contributed by atoms with van der Waals surface area (Å²) in [6.07, 6.45) is 4.53. The molecule has 1 aliphatic rings. The molecule has 1 saturated heterocycles. The van der Waals surface area contributed by atoms with Gasteiger partial charge in [-0.1, -0.05) is 0 Å². The van der Waals surface area contributed by atoms with E-state index in [1.165, 1.54) is 6.42 Å². The Labute approximate surface area is 90.9 Å². The summed E-state index contributed by atoms with van der Waals surface area (Å²) in [6, 6.07) is 0.530. The molecule has 8 heteroatoms. The van der Waals surface area contributed by atoms with Gasteiger partial charge < -0.3 is 15.5 Å². The van der Waals surface area contributed by atoms with E-state index in [2.05, 4.69) is 15.4 Å². The lowest BCUT2D eigenvalue weighted by molar-refractivity contribution is -0.159. The van der Waals surface area contributed by atoms with Crippen molar-refractivity contribution < 1.29 is 19.8 Å². The highest BCUT2D eigenvalue weighted by atomic mass is 16.4. The third kappa shape index (κ3) is 3.65. The fourth-order valence-corrected chi connectivity index (χ4v) is 1.27. The largest absolute Gasteiger partial charge is 0.473 e. The molecule has 1 fully saturated rings. The Hall–Kier alpha value is -1.96. The van der Waals surface area contributed by atoms with Gasteiger partial charge in [0.05, 0.1) is 6.04 Å². The van der Waals surface area contributed by atoms with E-state index in [1.807, 2.05) is 4.68 Å². The van der Waals surface area contributed by atoms with Crippen molar-refractivity contribution >= 4 is 11.9 Å². The molecule has 2 heterocycles. The molecule has 0 aliphatic carbocycles. The van der Waals surface area contributed by atoms with Crippen molar-refractivity contribution in [2.75, 3.05) is 13.1 Å². The molecule has 0 amide bonds. The van der Waals surface area contributed by atoms with Crippen LogP contribution in [0.1, 0.15) is 12.5 Å². The number of aliphatic carboxylic acids is 2. The van der Waals surface area contributed by atoms with Crippen LogP contribution in [0.3, 0.4) is 0 Å². The Kier molecular flexibility index (Phi) is 4.40. The van der Waals surface area contributed by atoms with Gasteiger partial charge in [-0.25, -0.2) is 19.3 Å². The van der Waals surface area contributed by atoms with Crippen LogP contribution in [0.5, 0.6) is 0 Å². The van der Waals surface area contributed by atoms with Crippen molar-refractivity contribution in [1.29, 1.82) is 0 Å². The topological polar surface area (TPSA) is 117 Å². The third-order valence-electron chi connectivity index (χ3n) is 2.03. The number of rotatable bonds is 1. The predicted octanol–water partition coefficient (Wildman–Crippen LogP) is -1.03. The predicted molar refractivity (Wildman–Crippen MR) is 51.8 cm³/mol. The Balaban J connectivity index is 0.000000187. The molecule has 0 radical (unpaired) electrons. The summed E-state index contributed by atoms with van der Waals surface area (Å²) < 4.78 is 1.92. The number of nitrogens with zero attached hydrogens (tertiary/aromatic N) is 3. The Morgan fingerprint density at radius 1 is 1.38 bits per heavy atom. The lowest BCUT2D eigenvalue weighted by atomic mass is 10.3. The van der Waals surface area contributed by atoms with Crippen LogP contribution in [0.25, 0.3) is 0 Å². The van der Waals surface area contributed by atoms with Gasteiger partial charge in [0.25, 0.3) is 0 Å². The zero-order valence-electron chi connectivity index (χ0n) is 8.41. The van der Waals surface area contributed by atoms with E-state index in [1.54, 1.807) is 12.7 Å². The molecule has 1 aromatic heterocycles. The maximum Gasteiger partial charge on any atom is 0.414 e. The highest BCUT2D eigenvalue weighted by Gasteiger charge is 2.15. The minimum Gasteiger partial charge on any atom is -0.473 e. The standard InChI is InChI=1S/C6H10N4.C2H2O4/c1-2-7-3-6(1)10-5-8-4-9-10;3-1(4)2(5)6/h4-7H,1-3H2;(H,3,4)(H,5,6). The summed E-state index contributed by atoms with van der Waals surface area (Å²) in [6.45, 7) is 2.13. The van der Waals surface area contributed by atoms with E-state index in [0.29, 0.717) is 6.04 Å². The first kappa shape index (κ1) is 12.1. The molecular weight excluding hydrogens is 216 g/mol. The smallest absolute Gasteiger partial charge is 0.414 e. The highest BCUT2D eigenvalue weighted by molar-refractivity contribution is 6.27. The van der Waals surface area contributed by atoms with Crippen molar-refractivity contribution in [3.05, 3.63) is 12.7 Å². The monoisotopic (exact) mass is 228 g/mol. The summed E-state index contributed by atoms with van der Waals surface area (Å²) in [5.41, 5.74) is 0. The second-order valence-corrected chi connectivity index (χ2v) is 3.13. The highest BCUT2D eigenvalue weighted by Crippen LogP contribution is 2.11. The van der Waals surface area contributed by atoms with E-state index >= 15 is 0 Å². The van der Waals surface area contributed by atoms with Crippen LogP contribution < -0.4 is 5.32 Å². The quantitative estimate of drug-likeness (QED) is 0.526. The molecule has 0 saturated carbocycles. The molecule has 2 rings (SSSR count). The molecule has 8 nitrogen and oxygen atoms in total. The van der Waals surface area contributed by atoms with Gasteiger partial charge in [-0.05, 0) is 13.0 Å². The average Bonchev–Trinajstić information content (AvgIpc) is 2.91. The van der Waals surface area contributed by atoms with Crippen LogP contribution in [0, 0.1) is 0 Å². The van der Waals surface area contributed by atoms with Crippen molar-refractivity contribution in [3.63, 3.8) is 0 Å². The lowest BCUT2D eigenvalue weighted by Gasteiger charge is -2.05. The molecule has 0 spiro atoms. The van der Waals surface area contributed by atoms with Gasteiger partial charge in [-0.15, -0.1) is 0 Å². The average molecular weight is 228 g/mol.